The van der Waals surface area contributed by atoms with Crippen molar-refractivity contribution < 1.29 is 27.4 Å². The molecule has 3 aliphatic heterocycles. The predicted molar refractivity (Wildman–Crippen MR) is 131 cm³/mol. The number of nitrogens with zero attached hydrogens (tertiary/aromatic N) is 4. The molecule has 10 nitrogen and oxygen atoms in total. The van der Waals surface area contributed by atoms with E-state index in [1.807, 2.05) is 23.1 Å². The van der Waals surface area contributed by atoms with Crippen molar-refractivity contribution in [1.29, 1.82) is 5.26 Å². The van der Waals surface area contributed by atoms with E-state index in [2.05, 4.69) is 11.1 Å². The average molecular weight is 513 g/mol. The summed E-state index contributed by atoms with van der Waals surface area (Å²) < 4.78 is 40.6. The van der Waals surface area contributed by atoms with Crippen LogP contribution in [0.1, 0.15) is 24.8 Å². The standard InChI is InChI=1S/C25H28N4O6S/c1-33-24-18(14-26)12-19(15-27-24)29-8-9-34-23-3-2-20(13-22(23)29)35-21-4-7-28(16-21)25(30)17-5-10-36(31,32)11-6-17/h2-3,12-13,15,17,21H,4-11,16H2,1H3. The Balaban J connectivity index is 1.28. The number of pyridine rings is 1. The Hall–Kier alpha value is -3.52. The van der Waals surface area contributed by atoms with Crippen molar-refractivity contribution in [2.75, 3.05) is 49.8 Å². The van der Waals surface area contributed by atoms with Gasteiger partial charge in [-0.05, 0) is 31.0 Å². The summed E-state index contributed by atoms with van der Waals surface area (Å²) in [6, 6.07) is 9.48. The second-order valence-electron chi connectivity index (χ2n) is 9.23. The van der Waals surface area contributed by atoms with E-state index in [0.717, 1.165) is 11.4 Å². The number of ether oxygens (including phenoxy) is 3. The molecule has 1 aromatic carbocycles. The summed E-state index contributed by atoms with van der Waals surface area (Å²) in [6.45, 7) is 2.15. The molecule has 11 heteroatoms. The molecule has 0 aliphatic carbocycles. The highest BCUT2D eigenvalue weighted by molar-refractivity contribution is 7.91. The lowest BCUT2D eigenvalue weighted by atomic mass is 10.0. The molecule has 4 heterocycles. The molecule has 2 fully saturated rings. The van der Waals surface area contributed by atoms with Gasteiger partial charge in [-0.25, -0.2) is 13.4 Å². The zero-order valence-corrected chi connectivity index (χ0v) is 20.9. The predicted octanol–water partition coefficient (Wildman–Crippen LogP) is 2.30. The molecule has 1 unspecified atom stereocenters. The molecule has 1 aromatic heterocycles. The molecule has 190 valence electrons. The lowest BCUT2D eigenvalue weighted by molar-refractivity contribution is -0.135. The van der Waals surface area contributed by atoms with Crippen LogP contribution >= 0.6 is 0 Å². The van der Waals surface area contributed by atoms with Gasteiger partial charge < -0.3 is 24.0 Å². The largest absolute Gasteiger partial charge is 0.490 e. The maximum atomic E-state index is 12.9. The van der Waals surface area contributed by atoms with Gasteiger partial charge in [-0.2, -0.15) is 5.26 Å². The van der Waals surface area contributed by atoms with Gasteiger partial charge in [-0.15, -0.1) is 0 Å². The first-order valence-electron chi connectivity index (χ1n) is 12.0. The van der Waals surface area contributed by atoms with E-state index in [1.54, 1.807) is 17.2 Å². The molecule has 36 heavy (non-hydrogen) atoms. The maximum absolute atomic E-state index is 12.9. The van der Waals surface area contributed by atoms with E-state index in [9.17, 15) is 18.5 Å². The molecular weight excluding hydrogens is 484 g/mol. The fraction of sp³-hybridized carbons (Fsp3) is 0.480. The average Bonchev–Trinajstić information content (AvgIpc) is 3.36. The highest BCUT2D eigenvalue weighted by atomic mass is 32.2. The molecule has 3 aliphatic rings. The van der Waals surface area contributed by atoms with E-state index in [0.29, 0.717) is 62.6 Å². The van der Waals surface area contributed by atoms with Crippen molar-refractivity contribution in [3.05, 3.63) is 36.0 Å². The van der Waals surface area contributed by atoms with Crippen LogP contribution in [0, 0.1) is 17.2 Å². The minimum Gasteiger partial charge on any atom is -0.490 e. The maximum Gasteiger partial charge on any atom is 0.231 e. The van der Waals surface area contributed by atoms with Crippen molar-refractivity contribution in [2.24, 2.45) is 5.92 Å². The van der Waals surface area contributed by atoms with E-state index >= 15 is 0 Å². The van der Waals surface area contributed by atoms with Crippen LogP contribution in [-0.4, -0.2) is 75.2 Å². The van der Waals surface area contributed by atoms with Gasteiger partial charge in [0.1, 0.15) is 45.7 Å². The Labute approximate surface area is 210 Å². The molecule has 0 bridgehead atoms. The summed E-state index contributed by atoms with van der Waals surface area (Å²) in [5, 5.41) is 9.45. The number of likely N-dealkylation sites (tertiary alicyclic amines) is 1. The van der Waals surface area contributed by atoms with Gasteiger partial charge in [0.25, 0.3) is 0 Å². The van der Waals surface area contributed by atoms with Crippen molar-refractivity contribution in [3.8, 4) is 23.4 Å². The molecule has 0 spiro atoms. The lowest BCUT2D eigenvalue weighted by Crippen LogP contribution is -2.39. The molecule has 2 aromatic rings. The van der Waals surface area contributed by atoms with Crippen LogP contribution in [0.15, 0.2) is 30.5 Å². The monoisotopic (exact) mass is 512 g/mol. The Morgan fingerprint density at radius 3 is 2.75 bits per heavy atom. The Bertz CT molecular complexity index is 1290. The van der Waals surface area contributed by atoms with Crippen molar-refractivity contribution in [3.63, 3.8) is 0 Å². The van der Waals surface area contributed by atoms with Crippen LogP contribution in [0.25, 0.3) is 0 Å². The number of rotatable bonds is 5. The van der Waals surface area contributed by atoms with E-state index in [-0.39, 0.29) is 35.3 Å². The number of nitriles is 1. The fourth-order valence-electron chi connectivity index (χ4n) is 4.98. The van der Waals surface area contributed by atoms with Gasteiger partial charge in [0, 0.05) is 24.9 Å². The number of benzene rings is 1. The van der Waals surface area contributed by atoms with Crippen LogP contribution < -0.4 is 19.1 Å². The number of hydrogen-bond donors (Lipinski definition) is 0. The normalized spacial score (nSPS) is 21.3. The Kier molecular flexibility index (Phi) is 6.62. The molecule has 0 radical (unpaired) electrons. The third-order valence-corrected chi connectivity index (χ3v) is 8.63. The third-order valence-electron chi connectivity index (χ3n) is 6.92. The van der Waals surface area contributed by atoms with Crippen molar-refractivity contribution in [2.45, 2.75) is 25.4 Å². The first-order valence-corrected chi connectivity index (χ1v) is 13.8. The number of hydrogen-bond acceptors (Lipinski definition) is 9. The zero-order valence-electron chi connectivity index (χ0n) is 20.1. The van der Waals surface area contributed by atoms with E-state index in [1.165, 1.54) is 7.11 Å². The molecule has 0 N–H and O–H groups in total. The molecule has 2 saturated heterocycles. The van der Waals surface area contributed by atoms with Gasteiger partial charge >= 0.3 is 0 Å². The number of carbonyl (C=O) groups excluding carboxylic acids is 1. The van der Waals surface area contributed by atoms with Crippen LogP contribution in [0.4, 0.5) is 11.4 Å². The smallest absolute Gasteiger partial charge is 0.231 e. The van der Waals surface area contributed by atoms with Gasteiger partial charge in [-0.1, -0.05) is 0 Å². The van der Waals surface area contributed by atoms with Crippen LogP contribution in [0.5, 0.6) is 17.4 Å². The van der Waals surface area contributed by atoms with Crippen LogP contribution in [0.2, 0.25) is 0 Å². The summed E-state index contributed by atoms with van der Waals surface area (Å²) in [4.78, 5) is 21.0. The number of carbonyl (C=O) groups is 1. The summed E-state index contributed by atoms with van der Waals surface area (Å²) in [7, 11) is -1.52. The second kappa shape index (κ2) is 9.85. The SMILES string of the molecule is COc1ncc(N2CCOc3ccc(OC4CCN(C(=O)C5CCS(=O)(=O)CC5)C4)cc32)cc1C#N. The number of fused-ring (bicyclic) bond motifs is 1. The number of methoxy groups -OCH3 is 1. The van der Waals surface area contributed by atoms with E-state index < -0.39 is 9.84 Å². The van der Waals surface area contributed by atoms with Gasteiger partial charge in [0.2, 0.25) is 11.8 Å². The topological polar surface area (TPSA) is 122 Å². The molecule has 0 saturated carbocycles. The zero-order chi connectivity index (χ0) is 25.3. The summed E-state index contributed by atoms with van der Waals surface area (Å²) in [5.41, 5.74) is 1.91. The highest BCUT2D eigenvalue weighted by Gasteiger charge is 2.35. The summed E-state index contributed by atoms with van der Waals surface area (Å²) in [5.74, 6) is 1.63. The van der Waals surface area contributed by atoms with Gasteiger partial charge in [0.05, 0.1) is 49.3 Å². The van der Waals surface area contributed by atoms with Gasteiger partial charge in [-0.3, -0.25) is 4.79 Å². The van der Waals surface area contributed by atoms with Gasteiger partial charge in [0.15, 0.2) is 0 Å². The molecule has 1 amide bonds. The van der Waals surface area contributed by atoms with Crippen LogP contribution in [-0.2, 0) is 14.6 Å². The molecule has 1 atom stereocenters. The Morgan fingerprint density at radius 2 is 2.00 bits per heavy atom. The molecule has 5 rings (SSSR count). The fourth-order valence-corrected chi connectivity index (χ4v) is 6.47. The third kappa shape index (κ3) is 4.91. The quantitative estimate of drug-likeness (QED) is 0.594. The minimum atomic E-state index is -3.00. The lowest BCUT2D eigenvalue weighted by Gasteiger charge is -2.31. The first-order chi connectivity index (χ1) is 17.4. The summed E-state index contributed by atoms with van der Waals surface area (Å²) >= 11 is 0. The van der Waals surface area contributed by atoms with Crippen molar-refractivity contribution in [1.82, 2.24) is 9.88 Å². The minimum absolute atomic E-state index is 0.0290. The number of sulfone groups is 1. The first kappa shape index (κ1) is 24.2. The van der Waals surface area contributed by atoms with E-state index in [4.69, 9.17) is 14.2 Å². The van der Waals surface area contributed by atoms with Crippen molar-refractivity contribution >= 4 is 27.1 Å². The highest BCUT2D eigenvalue weighted by Crippen LogP contribution is 2.40. The summed E-state index contributed by atoms with van der Waals surface area (Å²) in [6.07, 6.45) is 3.03. The number of amides is 1. The molecular formula is C25H28N4O6S. The number of aromatic nitrogens is 1. The Morgan fingerprint density at radius 1 is 1.19 bits per heavy atom. The van der Waals surface area contributed by atoms with Crippen LogP contribution in [0.3, 0.4) is 0 Å². The number of anilines is 2. The second-order valence-corrected chi connectivity index (χ2v) is 11.5.